The van der Waals surface area contributed by atoms with Crippen LogP contribution in [-0.2, 0) is 9.53 Å². The number of carbonyl (C=O) groups is 1. The number of rotatable bonds is 5. The highest BCUT2D eigenvalue weighted by Gasteiger charge is 2.36. The van der Waals surface area contributed by atoms with Crippen molar-refractivity contribution >= 4 is 5.78 Å². The maximum absolute atomic E-state index is 11.6. The smallest absolute Gasteiger partial charge is 0.136 e. The number of ketones is 1. The van der Waals surface area contributed by atoms with E-state index in [1.165, 1.54) is 19.3 Å². The summed E-state index contributed by atoms with van der Waals surface area (Å²) in [5.74, 6) is 0.457. The van der Waals surface area contributed by atoms with Gasteiger partial charge in [0.2, 0.25) is 0 Å². The average molecular weight is 237 g/mol. The third kappa shape index (κ3) is 3.39. The van der Waals surface area contributed by atoms with Gasteiger partial charge < -0.3 is 4.74 Å². The summed E-state index contributed by atoms with van der Waals surface area (Å²) in [6, 6.07) is 0.979. The van der Waals surface area contributed by atoms with E-state index in [1.807, 2.05) is 6.92 Å². The van der Waals surface area contributed by atoms with E-state index in [-0.39, 0.29) is 0 Å². The summed E-state index contributed by atoms with van der Waals surface area (Å²) in [5.41, 5.74) is 1.07. The van der Waals surface area contributed by atoms with Crippen molar-refractivity contribution in [1.82, 2.24) is 4.90 Å². The molecule has 0 N–H and O–H groups in total. The van der Waals surface area contributed by atoms with Gasteiger partial charge in [-0.25, -0.2) is 0 Å². The molecule has 0 spiro atoms. The molecule has 2 rings (SSSR count). The van der Waals surface area contributed by atoms with Crippen LogP contribution >= 0.6 is 0 Å². The summed E-state index contributed by atoms with van der Waals surface area (Å²) in [6.45, 7) is 8.18. The van der Waals surface area contributed by atoms with E-state index in [0.717, 1.165) is 31.6 Å². The van der Waals surface area contributed by atoms with Crippen molar-refractivity contribution in [2.75, 3.05) is 19.8 Å². The van der Waals surface area contributed by atoms with Crippen LogP contribution in [0.1, 0.15) is 39.0 Å². The average Bonchev–Trinajstić information content (AvgIpc) is 2.24. The molecule has 0 amide bonds. The van der Waals surface area contributed by atoms with E-state index in [4.69, 9.17) is 4.74 Å². The summed E-state index contributed by atoms with van der Waals surface area (Å²) >= 11 is 0. The predicted octanol–water partition coefficient (Wildman–Crippen LogP) is 2.17. The highest BCUT2D eigenvalue weighted by molar-refractivity contribution is 5.80. The van der Waals surface area contributed by atoms with Crippen LogP contribution < -0.4 is 0 Å². The predicted molar refractivity (Wildman–Crippen MR) is 68.0 cm³/mol. The van der Waals surface area contributed by atoms with E-state index < -0.39 is 0 Å². The highest BCUT2D eigenvalue weighted by Crippen LogP contribution is 2.31. The lowest BCUT2D eigenvalue weighted by Crippen LogP contribution is -2.53. The summed E-state index contributed by atoms with van der Waals surface area (Å²) in [7, 11) is 0. The van der Waals surface area contributed by atoms with Crippen molar-refractivity contribution in [2.24, 2.45) is 0 Å². The molecular weight excluding hydrogens is 214 g/mol. The molecule has 2 heterocycles. The van der Waals surface area contributed by atoms with Gasteiger partial charge in [0, 0.05) is 31.5 Å². The second-order valence-electron chi connectivity index (χ2n) is 5.43. The maximum atomic E-state index is 11.6. The van der Waals surface area contributed by atoms with E-state index in [2.05, 4.69) is 11.5 Å². The van der Waals surface area contributed by atoms with Crippen molar-refractivity contribution in [3.05, 3.63) is 12.2 Å². The van der Waals surface area contributed by atoms with Crippen LogP contribution in [0, 0.1) is 0 Å². The van der Waals surface area contributed by atoms with Gasteiger partial charge >= 0.3 is 0 Å². The fraction of sp³-hybridized carbons (Fsp3) is 0.786. The second kappa shape index (κ2) is 5.78. The Bertz CT molecular complexity index is 285. The Labute approximate surface area is 104 Å². The molecule has 3 heteroatoms. The molecule has 2 bridgehead atoms. The number of ether oxygens (including phenoxy) is 1. The summed E-state index contributed by atoms with van der Waals surface area (Å²) < 4.78 is 5.56. The first-order chi connectivity index (χ1) is 8.16. The van der Waals surface area contributed by atoms with Crippen molar-refractivity contribution < 1.29 is 9.53 Å². The number of piperidine rings is 2. The molecule has 96 valence electrons. The number of nitrogens with zero attached hydrogens (tertiary/aromatic N) is 1. The van der Waals surface area contributed by atoms with Gasteiger partial charge in [-0.2, -0.15) is 0 Å². The van der Waals surface area contributed by atoms with Gasteiger partial charge in [0.1, 0.15) is 5.78 Å². The Hall–Kier alpha value is -0.670. The highest BCUT2D eigenvalue weighted by atomic mass is 16.5. The van der Waals surface area contributed by atoms with Crippen LogP contribution in [0.15, 0.2) is 12.2 Å². The SMILES string of the molecule is C=C(C)COCCN1C2CCCC1CC(=O)C2. The van der Waals surface area contributed by atoms with Gasteiger partial charge in [-0.15, -0.1) is 0 Å². The Morgan fingerprint density at radius 3 is 2.65 bits per heavy atom. The van der Waals surface area contributed by atoms with Crippen LogP contribution in [-0.4, -0.2) is 42.5 Å². The van der Waals surface area contributed by atoms with Crippen LogP contribution in [0.3, 0.4) is 0 Å². The number of hydrogen-bond donors (Lipinski definition) is 0. The Kier molecular flexibility index (Phi) is 4.35. The summed E-state index contributed by atoms with van der Waals surface area (Å²) in [5, 5.41) is 0. The number of hydrogen-bond acceptors (Lipinski definition) is 3. The third-order valence-corrected chi connectivity index (χ3v) is 3.78. The van der Waals surface area contributed by atoms with Crippen molar-refractivity contribution in [1.29, 1.82) is 0 Å². The number of carbonyl (C=O) groups excluding carboxylic acids is 1. The quantitative estimate of drug-likeness (QED) is 0.542. The zero-order valence-corrected chi connectivity index (χ0v) is 10.8. The van der Waals surface area contributed by atoms with E-state index in [0.29, 0.717) is 24.5 Å². The Balaban J connectivity index is 1.79. The van der Waals surface area contributed by atoms with Crippen LogP contribution in [0.25, 0.3) is 0 Å². The largest absolute Gasteiger partial charge is 0.376 e. The molecule has 2 aliphatic rings. The van der Waals surface area contributed by atoms with Crippen LogP contribution in [0.5, 0.6) is 0 Å². The molecule has 0 aliphatic carbocycles. The molecular formula is C14H23NO2. The minimum Gasteiger partial charge on any atom is -0.376 e. The van der Waals surface area contributed by atoms with Crippen molar-refractivity contribution in [3.8, 4) is 0 Å². The van der Waals surface area contributed by atoms with E-state index in [1.54, 1.807) is 0 Å². The molecule has 3 nitrogen and oxygen atoms in total. The third-order valence-electron chi connectivity index (χ3n) is 3.78. The maximum Gasteiger partial charge on any atom is 0.136 e. The van der Waals surface area contributed by atoms with Gasteiger partial charge in [0.05, 0.1) is 13.2 Å². The molecule has 0 aromatic carbocycles. The standard InChI is InChI=1S/C14H23NO2/c1-11(2)10-17-7-6-15-12-4-3-5-13(15)9-14(16)8-12/h12-13H,1,3-10H2,2H3. The summed E-state index contributed by atoms with van der Waals surface area (Å²) in [6.07, 6.45) is 5.17. The minimum absolute atomic E-state index is 0.457. The lowest BCUT2D eigenvalue weighted by molar-refractivity contribution is -0.127. The second-order valence-corrected chi connectivity index (χ2v) is 5.43. The molecule has 2 atom stereocenters. The topological polar surface area (TPSA) is 29.5 Å². The van der Waals surface area contributed by atoms with Crippen molar-refractivity contribution in [3.63, 3.8) is 0 Å². The van der Waals surface area contributed by atoms with Gasteiger partial charge in [-0.05, 0) is 19.8 Å². The van der Waals surface area contributed by atoms with Crippen molar-refractivity contribution in [2.45, 2.75) is 51.1 Å². The lowest BCUT2D eigenvalue weighted by atomic mass is 9.84. The normalized spacial score (nSPS) is 29.4. The first-order valence-corrected chi connectivity index (χ1v) is 6.66. The fourth-order valence-corrected chi connectivity index (χ4v) is 3.05. The molecule has 2 fully saturated rings. The fourth-order valence-electron chi connectivity index (χ4n) is 3.05. The van der Waals surface area contributed by atoms with Crippen LogP contribution in [0.4, 0.5) is 0 Å². The zero-order valence-electron chi connectivity index (χ0n) is 10.8. The van der Waals surface area contributed by atoms with Crippen LogP contribution in [0.2, 0.25) is 0 Å². The minimum atomic E-state index is 0.457. The monoisotopic (exact) mass is 237 g/mol. The van der Waals surface area contributed by atoms with Gasteiger partial charge in [-0.3, -0.25) is 9.69 Å². The molecule has 0 radical (unpaired) electrons. The molecule has 2 unspecified atom stereocenters. The number of Topliss-reactive ketones (excluding diaryl/α,β-unsaturated/α-hetero) is 1. The summed E-state index contributed by atoms with van der Waals surface area (Å²) in [4.78, 5) is 14.1. The lowest BCUT2D eigenvalue weighted by Gasteiger charge is -2.45. The first kappa shape index (κ1) is 12.8. The first-order valence-electron chi connectivity index (χ1n) is 6.66. The Morgan fingerprint density at radius 2 is 2.06 bits per heavy atom. The van der Waals surface area contributed by atoms with Gasteiger partial charge in [0.15, 0.2) is 0 Å². The van der Waals surface area contributed by atoms with E-state index >= 15 is 0 Å². The van der Waals surface area contributed by atoms with E-state index in [9.17, 15) is 4.79 Å². The molecule has 2 aliphatic heterocycles. The molecule has 2 saturated heterocycles. The molecule has 0 aromatic rings. The number of fused-ring (bicyclic) bond motifs is 2. The Morgan fingerprint density at radius 1 is 1.41 bits per heavy atom. The zero-order chi connectivity index (χ0) is 12.3. The van der Waals surface area contributed by atoms with Gasteiger partial charge in [-0.1, -0.05) is 18.6 Å². The van der Waals surface area contributed by atoms with Gasteiger partial charge in [0.25, 0.3) is 0 Å². The molecule has 0 aromatic heterocycles. The molecule has 0 saturated carbocycles. The molecule has 17 heavy (non-hydrogen) atoms.